The van der Waals surface area contributed by atoms with E-state index in [0.29, 0.717) is 6.10 Å². The molecule has 0 atom stereocenters. The van der Waals surface area contributed by atoms with Crippen molar-refractivity contribution in [3.05, 3.63) is 0 Å². The van der Waals surface area contributed by atoms with Crippen molar-refractivity contribution in [2.45, 2.75) is 64.6 Å². The Bertz CT molecular complexity index is 185. The first kappa shape index (κ1) is 12.3. The van der Waals surface area contributed by atoms with Gasteiger partial charge < -0.3 is 4.74 Å². The van der Waals surface area contributed by atoms with Gasteiger partial charge in [-0.15, -0.1) is 0 Å². The Balaban J connectivity index is 2.75. The van der Waals surface area contributed by atoms with Gasteiger partial charge in [-0.1, -0.05) is 0 Å². The number of rotatable bonds is 2. The van der Waals surface area contributed by atoms with Gasteiger partial charge in [-0.2, -0.15) is 0 Å². The molecule has 84 valence electrons. The molecule has 0 spiro atoms. The molecule has 2 nitrogen and oxygen atoms in total. The third-order valence-corrected chi connectivity index (χ3v) is 3.83. The minimum atomic E-state index is 0.0170. The maximum Gasteiger partial charge on any atom is 0.0610 e. The van der Waals surface area contributed by atoms with Gasteiger partial charge in [-0.25, -0.2) is 4.42 Å². The van der Waals surface area contributed by atoms with E-state index in [2.05, 4.69) is 27.7 Å². The molecule has 0 bridgehead atoms. The van der Waals surface area contributed by atoms with Crippen LogP contribution in [0.15, 0.2) is 0 Å². The monoisotopic (exact) mass is 219 g/mol. The summed E-state index contributed by atoms with van der Waals surface area (Å²) >= 11 is 6.34. The maximum atomic E-state index is 6.34. The highest BCUT2D eigenvalue weighted by atomic mass is 35.5. The molecule has 0 radical (unpaired) electrons. The van der Waals surface area contributed by atoms with E-state index < -0.39 is 0 Å². The van der Waals surface area contributed by atoms with Gasteiger partial charge in [0.25, 0.3) is 0 Å². The number of nitrogens with zero attached hydrogens (tertiary/aromatic N) is 1. The molecule has 1 aliphatic heterocycles. The van der Waals surface area contributed by atoms with Crippen molar-refractivity contribution in [3.8, 4) is 0 Å². The van der Waals surface area contributed by atoms with Gasteiger partial charge in [-0.3, -0.25) is 0 Å². The molecule has 3 heteroatoms. The van der Waals surface area contributed by atoms with Crippen LogP contribution in [0.25, 0.3) is 0 Å². The zero-order valence-electron chi connectivity index (χ0n) is 9.93. The molecule has 0 aromatic heterocycles. The third-order valence-electron chi connectivity index (χ3n) is 2.92. The van der Waals surface area contributed by atoms with Crippen LogP contribution < -0.4 is 0 Å². The second-order valence-corrected chi connectivity index (χ2v) is 5.73. The standard InChI is InChI=1S/C11H22ClNO/c1-6-14-9-7-10(2,3)13(12)11(4,5)8-9/h9H,6-8H2,1-5H3. The number of halogens is 1. The predicted octanol–water partition coefficient (Wildman–Crippen LogP) is 3.20. The number of hydrogen-bond donors (Lipinski definition) is 0. The fraction of sp³-hybridized carbons (Fsp3) is 1.00. The first-order valence-corrected chi connectivity index (χ1v) is 5.71. The predicted molar refractivity (Wildman–Crippen MR) is 60.5 cm³/mol. The van der Waals surface area contributed by atoms with Crippen LogP contribution in [0.4, 0.5) is 0 Å². The first-order chi connectivity index (χ1) is 6.29. The quantitative estimate of drug-likeness (QED) is 0.662. The Labute approximate surface area is 92.7 Å². The van der Waals surface area contributed by atoms with Crippen molar-refractivity contribution in [2.24, 2.45) is 0 Å². The van der Waals surface area contributed by atoms with E-state index in [0.717, 1.165) is 19.4 Å². The van der Waals surface area contributed by atoms with Crippen LogP contribution in [-0.4, -0.2) is 28.2 Å². The third kappa shape index (κ3) is 2.41. The highest BCUT2D eigenvalue weighted by Gasteiger charge is 2.45. The van der Waals surface area contributed by atoms with Crippen molar-refractivity contribution in [2.75, 3.05) is 6.61 Å². The fourth-order valence-corrected chi connectivity index (χ4v) is 2.66. The van der Waals surface area contributed by atoms with Gasteiger partial charge in [-0.05, 0) is 59.2 Å². The van der Waals surface area contributed by atoms with Crippen molar-refractivity contribution in [1.29, 1.82) is 0 Å². The first-order valence-electron chi connectivity index (χ1n) is 5.37. The summed E-state index contributed by atoms with van der Waals surface area (Å²) in [6.07, 6.45) is 2.36. The summed E-state index contributed by atoms with van der Waals surface area (Å²) < 4.78 is 7.67. The molecule has 0 aliphatic carbocycles. The van der Waals surface area contributed by atoms with E-state index in [9.17, 15) is 0 Å². The van der Waals surface area contributed by atoms with Crippen LogP contribution in [0.1, 0.15) is 47.5 Å². The Morgan fingerprint density at radius 3 is 2.00 bits per heavy atom. The molecule has 0 unspecified atom stereocenters. The van der Waals surface area contributed by atoms with Gasteiger partial charge in [0.15, 0.2) is 0 Å². The SMILES string of the molecule is CCOC1CC(C)(C)N(Cl)C(C)(C)C1. The van der Waals surface area contributed by atoms with Crippen LogP contribution in [0.2, 0.25) is 0 Å². The molecule has 0 aromatic rings. The van der Waals surface area contributed by atoms with Crippen LogP contribution >= 0.6 is 11.8 Å². The van der Waals surface area contributed by atoms with Crippen molar-refractivity contribution >= 4 is 11.8 Å². The highest BCUT2D eigenvalue weighted by Crippen LogP contribution is 2.40. The van der Waals surface area contributed by atoms with E-state index in [-0.39, 0.29) is 11.1 Å². The summed E-state index contributed by atoms with van der Waals surface area (Å²) in [7, 11) is 0. The lowest BCUT2D eigenvalue weighted by Gasteiger charge is -2.51. The molecule has 0 saturated carbocycles. The second kappa shape index (κ2) is 3.99. The normalized spacial score (nSPS) is 27.9. The maximum absolute atomic E-state index is 6.34. The highest BCUT2D eigenvalue weighted by molar-refractivity contribution is 6.14. The number of ether oxygens (including phenoxy) is 1. The van der Waals surface area contributed by atoms with Gasteiger partial charge in [0.1, 0.15) is 0 Å². The zero-order chi connectivity index (χ0) is 11.0. The van der Waals surface area contributed by atoms with E-state index in [1.165, 1.54) is 0 Å². The van der Waals surface area contributed by atoms with E-state index in [1.54, 1.807) is 0 Å². The summed E-state index contributed by atoms with van der Waals surface area (Å²) in [6.45, 7) is 11.5. The Hall–Kier alpha value is 0.210. The van der Waals surface area contributed by atoms with Gasteiger partial charge in [0, 0.05) is 17.7 Å². The molecule has 1 fully saturated rings. The number of hydrogen-bond acceptors (Lipinski definition) is 2. The van der Waals surface area contributed by atoms with Crippen molar-refractivity contribution < 1.29 is 4.74 Å². The lowest BCUT2D eigenvalue weighted by molar-refractivity contribution is -0.0598. The molecular formula is C11H22ClNO. The molecule has 1 saturated heterocycles. The van der Waals surface area contributed by atoms with E-state index >= 15 is 0 Å². The van der Waals surface area contributed by atoms with Crippen LogP contribution in [0.5, 0.6) is 0 Å². The van der Waals surface area contributed by atoms with E-state index in [1.807, 2.05) is 11.3 Å². The largest absolute Gasteiger partial charge is 0.378 e. The summed E-state index contributed by atoms with van der Waals surface area (Å²) in [4.78, 5) is 0. The molecule has 1 heterocycles. The Morgan fingerprint density at radius 2 is 1.64 bits per heavy atom. The molecule has 1 aliphatic rings. The van der Waals surface area contributed by atoms with Crippen molar-refractivity contribution in [1.82, 2.24) is 4.42 Å². The van der Waals surface area contributed by atoms with Crippen LogP contribution in [0.3, 0.4) is 0 Å². The minimum Gasteiger partial charge on any atom is -0.378 e. The van der Waals surface area contributed by atoms with Gasteiger partial charge in [0.05, 0.1) is 6.10 Å². The lowest BCUT2D eigenvalue weighted by atomic mass is 9.81. The number of piperidine rings is 1. The topological polar surface area (TPSA) is 12.5 Å². The molecule has 14 heavy (non-hydrogen) atoms. The van der Waals surface area contributed by atoms with Gasteiger partial charge >= 0.3 is 0 Å². The average Bonchev–Trinajstić information content (AvgIpc) is 1.99. The summed E-state index contributed by atoms with van der Waals surface area (Å²) in [5.41, 5.74) is 0.0340. The minimum absolute atomic E-state index is 0.0170. The molecule has 0 aromatic carbocycles. The van der Waals surface area contributed by atoms with Crippen LogP contribution in [-0.2, 0) is 4.74 Å². The Kier molecular flexibility index (Phi) is 3.50. The summed E-state index contributed by atoms with van der Waals surface area (Å²) in [5, 5.41) is 0. The summed E-state index contributed by atoms with van der Waals surface area (Å²) in [5.74, 6) is 0. The summed E-state index contributed by atoms with van der Waals surface area (Å²) in [6, 6.07) is 0. The molecule has 0 amide bonds. The zero-order valence-corrected chi connectivity index (χ0v) is 10.7. The fourth-order valence-electron chi connectivity index (χ4n) is 2.52. The van der Waals surface area contributed by atoms with Gasteiger partial charge in [0.2, 0.25) is 0 Å². The second-order valence-electron chi connectivity index (χ2n) is 5.39. The lowest BCUT2D eigenvalue weighted by Crippen LogP contribution is -2.57. The molecule has 0 N–H and O–H groups in total. The van der Waals surface area contributed by atoms with E-state index in [4.69, 9.17) is 16.5 Å². The Morgan fingerprint density at radius 1 is 1.21 bits per heavy atom. The average molecular weight is 220 g/mol. The molecule has 1 rings (SSSR count). The van der Waals surface area contributed by atoms with Crippen LogP contribution in [0, 0.1) is 0 Å². The smallest absolute Gasteiger partial charge is 0.0610 e. The van der Waals surface area contributed by atoms with Crippen molar-refractivity contribution in [3.63, 3.8) is 0 Å². The molecular weight excluding hydrogens is 198 g/mol.